The molecule has 2 rings (SSSR count). The van der Waals surface area contributed by atoms with Crippen molar-refractivity contribution in [3.63, 3.8) is 0 Å². The van der Waals surface area contributed by atoms with Crippen molar-refractivity contribution in [2.45, 2.75) is 19.2 Å². The zero-order valence-corrected chi connectivity index (χ0v) is 12.1. The summed E-state index contributed by atoms with van der Waals surface area (Å²) in [6, 6.07) is 12.5. The Hall–Kier alpha value is -2.00. The third kappa shape index (κ3) is 3.11. The Morgan fingerprint density at radius 2 is 1.80 bits per heavy atom. The number of alkyl halides is 1. The number of aromatic hydroxyl groups is 1. The van der Waals surface area contributed by atoms with Crippen molar-refractivity contribution >= 4 is 23.2 Å². The van der Waals surface area contributed by atoms with Gasteiger partial charge in [-0.25, -0.2) is 0 Å². The lowest BCUT2D eigenvalue weighted by atomic mass is 10.1. The zero-order valence-electron chi connectivity index (χ0n) is 11.4. The first-order chi connectivity index (χ1) is 9.49. The molecule has 20 heavy (non-hydrogen) atoms. The molecule has 1 atom stereocenters. The van der Waals surface area contributed by atoms with Gasteiger partial charge in [0, 0.05) is 5.69 Å². The van der Waals surface area contributed by atoms with Gasteiger partial charge in [0.05, 0.1) is 0 Å². The highest BCUT2D eigenvalue weighted by Gasteiger charge is 2.18. The predicted octanol–water partition coefficient (Wildman–Crippen LogP) is 3.93. The quantitative estimate of drug-likeness (QED) is 0.664. The molecule has 0 aliphatic rings. The molecule has 0 saturated heterocycles. The van der Waals surface area contributed by atoms with E-state index in [1.54, 1.807) is 19.1 Å². The fourth-order valence-corrected chi connectivity index (χ4v) is 2.11. The second-order valence-electron chi connectivity index (χ2n) is 4.72. The van der Waals surface area contributed by atoms with E-state index in [4.69, 9.17) is 11.6 Å². The summed E-state index contributed by atoms with van der Waals surface area (Å²) in [7, 11) is 0. The predicted molar refractivity (Wildman–Crippen MR) is 81.2 cm³/mol. The van der Waals surface area contributed by atoms with Gasteiger partial charge in [-0.1, -0.05) is 30.3 Å². The van der Waals surface area contributed by atoms with Gasteiger partial charge in [0.2, 0.25) is 5.91 Å². The van der Waals surface area contributed by atoms with E-state index in [-0.39, 0.29) is 11.7 Å². The van der Waals surface area contributed by atoms with Crippen molar-refractivity contribution in [3.8, 4) is 5.75 Å². The Morgan fingerprint density at radius 3 is 2.45 bits per heavy atom. The van der Waals surface area contributed by atoms with Crippen LogP contribution in [0.25, 0.3) is 0 Å². The van der Waals surface area contributed by atoms with Crippen LogP contribution in [-0.4, -0.2) is 11.0 Å². The summed E-state index contributed by atoms with van der Waals surface area (Å²) in [6.07, 6.45) is 0. The molecule has 2 aromatic rings. The lowest BCUT2D eigenvalue weighted by Crippen LogP contribution is -2.18. The Morgan fingerprint density at radius 1 is 1.15 bits per heavy atom. The van der Waals surface area contributed by atoms with Crippen molar-refractivity contribution in [1.82, 2.24) is 0 Å². The normalized spacial score (nSPS) is 11.9. The van der Waals surface area contributed by atoms with E-state index in [0.717, 1.165) is 11.1 Å². The molecule has 104 valence electrons. The summed E-state index contributed by atoms with van der Waals surface area (Å²) in [4.78, 5) is 12.2. The molecule has 1 amide bonds. The van der Waals surface area contributed by atoms with Gasteiger partial charge in [-0.15, -0.1) is 11.6 Å². The first-order valence-corrected chi connectivity index (χ1v) is 6.73. The van der Waals surface area contributed by atoms with Crippen LogP contribution in [0.15, 0.2) is 42.5 Å². The molecule has 0 radical (unpaired) electrons. The number of amides is 1. The summed E-state index contributed by atoms with van der Waals surface area (Å²) >= 11 is 6.17. The lowest BCUT2D eigenvalue weighted by molar-refractivity contribution is -0.116. The molecule has 2 aromatic carbocycles. The average molecular weight is 290 g/mol. The van der Waals surface area contributed by atoms with Gasteiger partial charge in [0.15, 0.2) is 0 Å². The highest BCUT2D eigenvalue weighted by Crippen LogP contribution is 2.27. The van der Waals surface area contributed by atoms with E-state index >= 15 is 0 Å². The number of hydrogen-bond donors (Lipinski definition) is 2. The van der Waals surface area contributed by atoms with Gasteiger partial charge in [-0.2, -0.15) is 0 Å². The van der Waals surface area contributed by atoms with Crippen molar-refractivity contribution in [3.05, 3.63) is 59.2 Å². The molecule has 0 aromatic heterocycles. The Balaban J connectivity index is 2.18. The van der Waals surface area contributed by atoms with Crippen LogP contribution < -0.4 is 5.32 Å². The van der Waals surface area contributed by atoms with Crippen LogP contribution in [0, 0.1) is 13.8 Å². The highest BCUT2D eigenvalue weighted by molar-refractivity contribution is 6.32. The fourth-order valence-electron chi connectivity index (χ4n) is 1.91. The van der Waals surface area contributed by atoms with Crippen LogP contribution in [0.5, 0.6) is 5.75 Å². The molecular formula is C16H16ClNO2. The van der Waals surface area contributed by atoms with E-state index in [0.29, 0.717) is 11.3 Å². The molecule has 0 fully saturated rings. The molecule has 0 saturated carbocycles. The number of phenolic OH excluding ortho intramolecular Hbond substituents is 1. The van der Waals surface area contributed by atoms with E-state index in [2.05, 4.69) is 5.32 Å². The number of carbonyl (C=O) groups excluding carboxylic acids is 1. The van der Waals surface area contributed by atoms with E-state index in [1.165, 1.54) is 0 Å². The molecule has 0 spiro atoms. The summed E-state index contributed by atoms with van der Waals surface area (Å²) in [6.45, 7) is 3.60. The molecule has 4 heteroatoms. The summed E-state index contributed by atoms with van der Waals surface area (Å²) in [5.41, 5.74) is 2.90. The molecule has 0 aliphatic heterocycles. The van der Waals surface area contributed by atoms with Crippen LogP contribution in [0.2, 0.25) is 0 Å². The second kappa shape index (κ2) is 5.97. The fraction of sp³-hybridized carbons (Fsp3) is 0.188. The largest absolute Gasteiger partial charge is 0.508 e. The number of anilines is 1. The summed E-state index contributed by atoms with van der Waals surface area (Å²) < 4.78 is 0. The van der Waals surface area contributed by atoms with E-state index in [9.17, 15) is 9.90 Å². The maximum absolute atomic E-state index is 12.2. The van der Waals surface area contributed by atoms with Crippen LogP contribution >= 0.6 is 11.6 Å². The van der Waals surface area contributed by atoms with Crippen LogP contribution in [0.1, 0.15) is 22.1 Å². The van der Waals surface area contributed by atoms with Gasteiger partial charge < -0.3 is 10.4 Å². The van der Waals surface area contributed by atoms with Crippen molar-refractivity contribution in [2.24, 2.45) is 0 Å². The molecule has 0 aliphatic carbocycles. The van der Waals surface area contributed by atoms with Crippen LogP contribution in [-0.2, 0) is 4.79 Å². The second-order valence-corrected chi connectivity index (χ2v) is 5.15. The van der Waals surface area contributed by atoms with Crippen molar-refractivity contribution < 1.29 is 9.90 Å². The highest BCUT2D eigenvalue weighted by atomic mass is 35.5. The number of halogens is 1. The first kappa shape index (κ1) is 14.4. The standard InChI is InChI=1S/C16H16ClNO2/c1-10-9-14(19)11(2)8-13(10)18-16(20)15(17)12-6-4-3-5-7-12/h3-9,15,19H,1-2H3,(H,18,20). The molecule has 0 bridgehead atoms. The average Bonchev–Trinajstić information content (AvgIpc) is 2.44. The van der Waals surface area contributed by atoms with Crippen molar-refractivity contribution in [1.29, 1.82) is 0 Å². The number of aryl methyl sites for hydroxylation is 2. The van der Waals surface area contributed by atoms with Gasteiger partial charge in [0.25, 0.3) is 0 Å². The zero-order chi connectivity index (χ0) is 14.7. The van der Waals surface area contributed by atoms with Crippen LogP contribution in [0.4, 0.5) is 5.69 Å². The van der Waals surface area contributed by atoms with Crippen LogP contribution in [0.3, 0.4) is 0 Å². The summed E-state index contributed by atoms with van der Waals surface area (Å²) in [5.74, 6) is -0.0722. The Kier molecular flexibility index (Phi) is 4.30. The van der Waals surface area contributed by atoms with E-state index < -0.39 is 5.38 Å². The van der Waals surface area contributed by atoms with Gasteiger partial charge in [0.1, 0.15) is 11.1 Å². The number of nitrogens with one attached hydrogen (secondary N) is 1. The SMILES string of the molecule is Cc1cc(NC(=O)C(Cl)c2ccccc2)c(C)cc1O. The van der Waals surface area contributed by atoms with Gasteiger partial charge >= 0.3 is 0 Å². The minimum absolute atomic E-state index is 0.214. The smallest absolute Gasteiger partial charge is 0.246 e. The molecule has 0 heterocycles. The number of rotatable bonds is 3. The minimum atomic E-state index is -0.746. The molecule has 3 nitrogen and oxygen atoms in total. The number of phenols is 1. The third-order valence-electron chi connectivity index (χ3n) is 3.12. The van der Waals surface area contributed by atoms with Gasteiger partial charge in [-0.3, -0.25) is 4.79 Å². The molecular weight excluding hydrogens is 274 g/mol. The number of benzene rings is 2. The van der Waals surface area contributed by atoms with Gasteiger partial charge in [-0.05, 0) is 42.7 Å². The van der Waals surface area contributed by atoms with Crippen molar-refractivity contribution in [2.75, 3.05) is 5.32 Å². The third-order valence-corrected chi connectivity index (χ3v) is 3.57. The molecule has 1 unspecified atom stereocenters. The monoisotopic (exact) mass is 289 g/mol. The van der Waals surface area contributed by atoms with E-state index in [1.807, 2.05) is 37.3 Å². The topological polar surface area (TPSA) is 49.3 Å². The molecule has 2 N–H and O–H groups in total. The minimum Gasteiger partial charge on any atom is -0.508 e. The number of hydrogen-bond acceptors (Lipinski definition) is 2. The number of carbonyl (C=O) groups is 1. The first-order valence-electron chi connectivity index (χ1n) is 6.29. The Labute approximate surface area is 123 Å². The maximum atomic E-state index is 12.2. The Bertz CT molecular complexity index is 626. The maximum Gasteiger partial charge on any atom is 0.246 e. The summed E-state index contributed by atoms with van der Waals surface area (Å²) in [5, 5.41) is 11.7. The lowest BCUT2D eigenvalue weighted by Gasteiger charge is -2.14.